The van der Waals surface area contributed by atoms with Crippen LogP contribution in [-0.4, -0.2) is 46.1 Å². The molecule has 1 atom stereocenters. The van der Waals surface area contributed by atoms with Crippen LogP contribution in [0.1, 0.15) is 29.7 Å². The van der Waals surface area contributed by atoms with Crippen LogP contribution in [0.2, 0.25) is 0 Å². The zero-order valence-corrected chi connectivity index (χ0v) is 17.5. The second kappa shape index (κ2) is 7.85. The predicted molar refractivity (Wildman–Crippen MR) is 119 cm³/mol. The molecule has 1 N–H and O–H groups in total. The van der Waals surface area contributed by atoms with Crippen molar-refractivity contribution in [1.29, 1.82) is 5.26 Å². The summed E-state index contributed by atoms with van der Waals surface area (Å²) in [6.45, 7) is 7.26. The molecular formula is C23H23N7O. The van der Waals surface area contributed by atoms with Crippen molar-refractivity contribution in [1.82, 2.24) is 19.8 Å². The van der Waals surface area contributed by atoms with Gasteiger partial charge in [0.15, 0.2) is 11.5 Å². The van der Waals surface area contributed by atoms with Gasteiger partial charge in [-0.1, -0.05) is 12.1 Å². The number of nitrogens with zero attached hydrogens (tertiary/aromatic N) is 6. The number of nitrogens with one attached hydrogen (secondary N) is 1. The summed E-state index contributed by atoms with van der Waals surface area (Å²) in [6, 6.07) is 14.4. The number of aromatic nitrogens is 4. The highest BCUT2D eigenvalue weighted by Gasteiger charge is 2.18. The fraction of sp³-hybridized carbons (Fsp3) is 0.304. The number of hydrogen-bond donors (Lipinski definition) is 1. The maximum atomic E-state index is 9.39. The van der Waals surface area contributed by atoms with Crippen LogP contribution >= 0.6 is 0 Å². The first-order valence-electron chi connectivity index (χ1n) is 10.4. The van der Waals surface area contributed by atoms with Gasteiger partial charge in [-0.2, -0.15) is 5.26 Å². The number of ether oxygens (including phenoxy) is 1. The van der Waals surface area contributed by atoms with Crippen molar-refractivity contribution in [3.8, 4) is 6.07 Å². The van der Waals surface area contributed by atoms with Crippen LogP contribution in [0.15, 0.2) is 42.7 Å². The van der Waals surface area contributed by atoms with E-state index in [2.05, 4.69) is 51.5 Å². The molecule has 0 aliphatic carbocycles. The summed E-state index contributed by atoms with van der Waals surface area (Å²) < 4.78 is 7.06. The maximum Gasteiger partial charge on any atom is 0.184 e. The minimum atomic E-state index is -0.0444. The third kappa shape index (κ3) is 3.43. The van der Waals surface area contributed by atoms with Crippen LogP contribution in [-0.2, 0) is 4.74 Å². The van der Waals surface area contributed by atoms with E-state index < -0.39 is 0 Å². The van der Waals surface area contributed by atoms with Gasteiger partial charge in [0, 0.05) is 29.5 Å². The zero-order chi connectivity index (χ0) is 21.4. The van der Waals surface area contributed by atoms with E-state index in [1.807, 2.05) is 25.1 Å². The third-order valence-corrected chi connectivity index (χ3v) is 5.92. The van der Waals surface area contributed by atoms with Gasteiger partial charge in [0.05, 0.1) is 30.9 Å². The van der Waals surface area contributed by atoms with Crippen molar-refractivity contribution >= 4 is 27.9 Å². The van der Waals surface area contributed by atoms with Crippen molar-refractivity contribution in [2.75, 3.05) is 36.5 Å². The van der Waals surface area contributed by atoms with Crippen molar-refractivity contribution in [2.45, 2.75) is 19.9 Å². The van der Waals surface area contributed by atoms with Gasteiger partial charge in [0.25, 0.3) is 0 Å². The molecule has 31 heavy (non-hydrogen) atoms. The Hall–Kier alpha value is -3.70. The van der Waals surface area contributed by atoms with Gasteiger partial charge in [-0.05, 0) is 49.2 Å². The van der Waals surface area contributed by atoms with E-state index in [9.17, 15) is 5.26 Å². The molecule has 0 unspecified atom stereocenters. The minimum absolute atomic E-state index is 0.0444. The van der Waals surface area contributed by atoms with E-state index in [-0.39, 0.29) is 6.04 Å². The van der Waals surface area contributed by atoms with E-state index in [1.165, 1.54) is 6.33 Å². The molecule has 1 fully saturated rings. The number of anilines is 2. The topological polar surface area (TPSA) is 91.4 Å². The normalized spacial score (nSPS) is 15.2. The molecule has 5 rings (SSSR count). The Bertz CT molecular complexity index is 1300. The summed E-state index contributed by atoms with van der Waals surface area (Å²) in [4.78, 5) is 6.72. The SMILES string of the molecule is Cc1c(C#N)cccc1[C@@H](C)Nc1nn2ncnc2c2ccc(N3CCOCC3)cc12. The van der Waals surface area contributed by atoms with Crippen molar-refractivity contribution in [2.24, 2.45) is 0 Å². The summed E-state index contributed by atoms with van der Waals surface area (Å²) in [7, 11) is 0. The molecule has 0 radical (unpaired) electrons. The van der Waals surface area contributed by atoms with Gasteiger partial charge in [-0.15, -0.1) is 14.8 Å². The van der Waals surface area contributed by atoms with Crippen LogP contribution in [0.4, 0.5) is 11.5 Å². The Labute approximate surface area is 180 Å². The fourth-order valence-corrected chi connectivity index (χ4v) is 4.21. The Morgan fingerprint density at radius 1 is 1.16 bits per heavy atom. The first kappa shape index (κ1) is 19.3. The fourth-order valence-electron chi connectivity index (χ4n) is 4.21. The number of hydrogen-bond acceptors (Lipinski definition) is 7. The van der Waals surface area contributed by atoms with Crippen LogP contribution in [0, 0.1) is 18.3 Å². The standard InChI is InChI=1S/C23H23N7O/c1-15-17(13-24)4-3-5-19(15)16(2)27-22-21-12-18(29-8-10-31-11-9-29)6-7-20(21)23-25-14-26-30(23)28-22/h3-7,12,14,16H,8-11H2,1-2H3,(H,27,28)/t16-/m1/s1. The number of rotatable bonds is 4. The maximum absolute atomic E-state index is 9.39. The molecule has 2 aromatic heterocycles. The van der Waals surface area contributed by atoms with E-state index >= 15 is 0 Å². The molecule has 0 saturated carbocycles. The predicted octanol–water partition coefficient (Wildman–Crippen LogP) is 3.47. The molecule has 1 aliphatic heterocycles. The third-order valence-electron chi connectivity index (χ3n) is 5.92. The molecule has 8 heteroatoms. The summed E-state index contributed by atoms with van der Waals surface area (Å²) >= 11 is 0. The Morgan fingerprint density at radius 3 is 2.81 bits per heavy atom. The molecule has 8 nitrogen and oxygen atoms in total. The van der Waals surface area contributed by atoms with E-state index in [4.69, 9.17) is 9.84 Å². The second-order valence-electron chi connectivity index (χ2n) is 7.75. The molecule has 156 valence electrons. The van der Waals surface area contributed by atoms with Gasteiger partial charge in [-0.3, -0.25) is 0 Å². The number of benzene rings is 2. The molecule has 0 spiro atoms. The van der Waals surface area contributed by atoms with E-state index in [0.717, 1.165) is 65.4 Å². The number of morpholine rings is 1. The highest BCUT2D eigenvalue weighted by Crippen LogP contribution is 2.32. The van der Waals surface area contributed by atoms with E-state index in [1.54, 1.807) is 4.63 Å². The van der Waals surface area contributed by atoms with Crippen molar-refractivity contribution < 1.29 is 4.74 Å². The summed E-state index contributed by atoms with van der Waals surface area (Å²) in [5.41, 5.74) is 4.59. The van der Waals surface area contributed by atoms with Crippen LogP contribution in [0.5, 0.6) is 0 Å². The lowest BCUT2D eigenvalue weighted by atomic mass is 9.98. The highest BCUT2D eigenvalue weighted by molar-refractivity contribution is 6.01. The molecule has 3 heterocycles. The Balaban J connectivity index is 1.60. The molecule has 4 aromatic rings. The summed E-state index contributed by atoms with van der Waals surface area (Å²) in [5, 5.41) is 23.9. The van der Waals surface area contributed by atoms with Gasteiger partial charge < -0.3 is 15.0 Å². The average Bonchev–Trinajstić information content (AvgIpc) is 3.28. The van der Waals surface area contributed by atoms with Crippen LogP contribution in [0.3, 0.4) is 0 Å². The molecule has 2 aromatic carbocycles. The first-order chi connectivity index (χ1) is 15.2. The molecular weight excluding hydrogens is 390 g/mol. The largest absolute Gasteiger partial charge is 0.378 e. The van der Waals surface area contributed by atoms with Crippen LogP contribution in [0.25, 0.3) is 16.4 Å². The number of nitriles is 1. The Kier molecular flexibility index (Phi) is 4.88. The summed E-state index contributed by atoms with van der Waals surface area (Å²) in [5.74, 6) is 0.734. The Morgan fingerprint density at radius 2 is 2.00 bits per heavy atom. The van der Waals surface area contributed by atoms with Gasteiger partial charge in [0.1, 0.15) is 6.33 Å². The minimum Gasteiger partial charge on any atom is -0.378 e. The second-order valence-corrected chi connectivity index (χ2v) is 7.75. The van der Waals surface area contributed by atoms with Crippen LogP contribution < -0.4 is 10.2 Å². The van der Waals surface area contributed by atoms with Crippen molar-refractivity contribution in [3.05, 3.63) is 59.4 Å². The summed E-state index contributed by atoms with van der Waals surface area (Å²) in [6.07, 6.45) is 1.52. The highest BCUT2D eigenvalue weighted by atomic mass is 16.5. The van der Waals surface area contributed by atoms with Crippen molar-refractivity contribution in [3.63, 3.8) is 0 Å². The lowest BCUT2D eigenvalue weighted by Crippen LogP contribution is -2.36. The smallest absolute Gasteiger partial charge is 0.184 e. The monoisotopic (exact) mass is 413 g/mol. The molecule has 1 saturated heterocycles. The molecule has 0 bridgehead atoms. The quantitative estimate of drug-likeness (QED) is 0.548. The zero-order valence-electron chi connectivity index (χ0n) is 17.5. The first-order valence-corrected chi connectivity index (χ1v) is 10.4. The average molecular weight is 413 g/mol. The molecule has 0 amide bonds. The molecule has 1 aliphatic rings. The van der Waals surface area contributed by atoms with Gasteiger partial charge in [-0.25, -0.2) is 4.98 Å². The lowest BCUT2D eigenvalue weighted by Gasteiger charge is -2.29. The van der Waals surface area contributed by atoms with Gasteiger partial charge in [0.2, 0.25) is 0 Å². The van der Waals surface area contributed by atoms with E-state index in [0.29, 0.717) is 5.56 Å². The van der Waals surface area contributed by atoms with Gasteiger partial charge >= 0.3 is 0 Å². The number of fused-ring (bicyclic) bond motifs is 3. The lowest BCUT2D eigenvalue weighted by molar-refractivity contribution is 0.122.